The van der Waals surface area contributed by atoms with Crippen molar-refractivity contribution in [1.29, 1.82) is 0 Å². The second-order valence-electron chi connectivity index (χ2n) is 5.88. The first-order valence-corrected chi connectivity index (χ1v) is 7.26. The Balaban J connectivity index is 2.21. The number of rotatable bonds is 7. The summed E-state index contributed by atoms with van der Waals surface area (Å²) in [5.41, 5.74) is 0.784. The summed E-state index contributed by atoms with van der Waals surface area (Å²) in [6.45, 7) is 5.29. The zero-order valence-electron chi connectivity index (χ0n) is 12.4. The maximum atomic E-state index is 12.3. The normalized spacial score (nSPS) is 15.3. The van der Waals surface area contributed by atoms with Gasteiger partial charge < -0.3 is 10.6 Å². The van der Waals surface area contributed by atoms with Gasteiger partial charge in [0.25, 0.3) is 11.6 Å². The first-order chi connectivity index (χ1) is 9.97. The molecule has 0 atom stereocenters. The highest BCUT2D eigenvalue weighted by atomic mass is 16.6. The van der Waals surface area contributed by atoms with Gasteiger partial charge in [0.2, 0.25) is 0 Å². The number of nitrogens with zero attached hydrogens (tertiary/aromatic N) is 1. The van der Waals surface area contributed by atoms with Crippen molar-refractivity contribution >= 4 is 17.3 Å². The third-order valence-electron chi connectivity index (χ3n) is 3.81. The highest BCUT2D eigenvalue weighted by Gasteiger charge is 2.37. The van der Waals surface area contributed by atoms with E-state index in [1.165, 1.54) is 6.07 Å². The van der Waals surface area contributed by atoms with E-state index in [2.05, 4.69) is 17.6 Å². The van der Waals surface area contributed by atoms with Crippen LogP contribution in [0.1, 0.15) is 43.5 Å². The number of nitro benzene ring substituents is 1. The van der Waals surface area contributed by atoms with Crippen LogP contribution in [0, 0.1) is 15.5 Å². The summed E-state index contributed by atoms with van der Waals surface area (Å²) in [5, 5.41) is 17.0. The van der Waals surface area contributed by atoms with Crippen molar-refractivity contribution in [3.63, 3.8) is 0 Å². The van der Waals surface area contributed by atoms with Crippen molar-refractivity contribution in [1.82, 2.24) is 5.32 Å². The fourth-order valence-electron chi connectivity index (χ4n) is 2.10. The topological polar surface area (TPSA) is 84.3 Å². The smallest absolute Gasteiger partial charge is 0.293 e. The Hall–Kier alpha value is -2.11. The van der Waals surface area contributed by atoms with Gasteiger partial charge in [-0.2, -0.15) is 0 Å². The van der Waals surface area contributed by atoms with E-state index in [1.54, 1.807) is 12.1 Å². The second-order valence-corrected chi connectivity index (χ2v) is 5.88. The fourth-order valence-corrected chi connectivity index (χ4v) is 2.10. The molecule has 1 aliphatic rings. The molecule has 2 N–H and O–H groups in total. The summed E-state index contributed by atoms with van der Waals surface area (Å²) in [5.74, 6) is -0.259. The molecule has 6 nitrogen and oxygen atoms in total. The van der Waals surface area contributed by atoms with Crippen LogP contribution in [0.4, 0.5) is 11.4 Å². The average molecular weight is 291 g/mol. The predicted octanol–water partition coefficient (Wildman–Crippen LogP) is 2.95. The van der Waals surface area contributed by atoms with Crippen LogP contribution >= 0.6 is 0 Å². The van der Waals surface area contributed by atoms with Crippen LogP contribution in [0.3, 0.4) is 0 Å². The van der Waals surface area contributed by atoms with E-state index in [0.717, 1.165) is 19.3 Å². The first-order valence-electron chi connectivity index (χ1n) is 7.26. The van der Waals surface area contributed by atoms with Gasteiger partial charge in [-0.15, -0.1) is 0 Å². The molecule has 1 fully saturated rings. The Bertz CT molecular complexity index is 553. The van der Waals surface area contributed by atoms with Crippen LogP contribution in [0.25, 0.3) is 0 Å². The third kappa shape index (κ3) is 3.71. The highest BCUT2D eigenvalue weighted by Crippen LogP contribution is 2.44. The number of carbonyl (C=O) groups excluding carboxylic acids is 1. The van der Waals surface area contributed by atoms with Crippen LogP contribution in [0.2, 0.25) is 0 Å². The van der Waals surface area contributed by atoms with Crippen LogP contribution in [-0.2, 0) is 0 Å². The van der Waals surface area contributed by atoms with E-state index in [0.29, 0.717) is 24.3 Å². The van der Waals surface area contributed by atoms with E-state index in [1.807, 2.05) is 6.92 Å². The highest BCUT2D eigenvalue weighted by molar-refractivity contribution is 6.01. The summed E-state index contributed by atoms with van der Waals surface area (Å²) in [6, 6.07) is 4.58. The minimum Gasteiger partial charge on any atom is -0.379 e. The lowest BCUT2D eigenvalue weighted by Crippen LogP contribution is -2.29. The van der Waals surface area contributed by atoms with E-state index in [-0.39, 0.29) is 17.0 Å². The molecule has 21 heavy (non-hydrogen) atoms. The maximum Gasteiger partial charge on any atom is 0.293 e. The Kier molecular flexibility index (Phi) is 4.45. The first kappa shape index (κ1) is 15.3. The molecule has 0 saturated heterocycles. The number of benzene rings is 1. The maximum absolute atomic E-state index is 12.3. The molecular weight excluding hydrogens is 270 g/mol. The quantitative estimate of drug-likeness (QED) is 0.597. The largest absolute Gasteiger partial charge is 0.379 e. The molecule has 2 rings (SSSR count). The molecule has 0 radical (unpaired) electrons. The van der Waals surface area contributed by atoms with Gasteiger partial charge in [-0.05, 0) is 30.7 Å². The molecule has 0 aliphatic heterocycles. The predicted molar refractivity (Wildman–Crippen MR) is 81.6 cm³/mol. The van der Waals surface area contributed by atoms with Crippen LogP contribution in [-0.4, -0.2) is 23.9 Å². The van der Waals surface area contributed by atoms with Gasteiger partial charge in [-0.3, -0.25) is 14.9 Å². The van der Waals surface area contributed by atoms with E-state index in [4.69, 9.17) is 0 Å². The number of anilines is 1. The van der Waals surface area contributed by atoms with Gasteiger partial charge in [0.05, 0.1) is 10.5 Å². The minimum absolute atomic E-state index is 0.0614. The molecule has 1 aromatic rings. The Morgan fingerprint density at radius 1 is 1.43 bits per heavy atom. The summed E-state index contributed by atoms with van der Waals surface area (Å²) in [7, 11) is 0. The summed E-state index contributed by atoms with van der Waals surface area (Å²) >= 11 is 0. The van der Waals surface area contributed by atoms with Crippen molar-refractivity contribution in [2.45, 2.75) is 33.1 Å². The van der Waals surface area contributed by atoms with Crippen molar-refractivity contribution in [2.75, 3.05) is 18.4 Å². The molecular formula is C15H21N3O3. The standard InChI is InChI=1S/C15H21N3O3/c1-3-9-16-13-11(5-4-6-12(13)18(20)21)14(19)17-10-15(2)7-8-15/h4-6,16H,3,7-10H2,1-2H3,(H,17,19). The van der Waals surface area contributed by atoms with Crippen LogP contribution in [0.5, 0.6) is 0 Å². The summed E-state index contributed by atoms with van der Waals surface area (Å²) in [4.78, 5) is 23.0. The molecule has 0 bridgehead atoms. The Labute approximate surface area is 124 Å². The van der Waals surface area contributed by atoms with Gasteiger partial charge in [0.1, 0.15) is 5.69 Å². The SMILES string of the molecule is CCCNc1c(C(=O)NCC2(C)CC2)cccc1[N+](=O)[O-]. The van der Waals surface area contributed by atoms with Crippen LogP contribution in [0.15, 0.2) is 18.2 Å². The molecule has 1 amide bonds. The van der Waals surface area contributed by atoms with Crippen molar-refractivity contribution in [3.05, 3.63) is 33.9 Å². The molecule has 114 valence electrons. The number of carbonyl (C=O) groups is 1. The van der Waals surface area contributed by atoms with Crippen molar-refractivity contribution in [2.24, 2.45) is 5.41 Å². The van der Waals surface area contributed by atoms with E-state index < -0.39 is 4.92 Å². The molecule has 0 heterocycles. The molecule has 0 aromatic heterocycles. The zero-order valence-corrected chi connectivity index (χ0v) is 12.4. The number of nitro groups is 1. The lowest BCUT2D eigenvalue weighted by molar-refractivity contribution is -0.384. The van der Waals surface area contributed by atoms with Gasteiger partial charge >= 0.3 is 0 Å². The molecule has 0 unspecified atom stereocenters. The summed E-state index contributed by atoms with van der Waals surface area (Å²) < 4.78 is 0. The van der Waals surface area contributed by atoms with Gasteiger partial charge in [-0.1, -0.05) is 19.9 Å². The fraction of sp³-hybridized carbons (Fsp3) is 0.533. The van der Waals surface area contributed by atoms with Crippen molar-refractivity contribution < 1.29 is 9.72 Å². The van der Waals surface area contributed by atoms with E-state index >= 15 is 0 Å². The number of hydrogen-bond donors (Lipinski definition) is 2. The lowest BCUT2D eigenvalue weighted by atomic mass is 10.1. The molecule has 6 heteroatoms. The number of amides is 1. The van der Waals surface area contributed by atoms with Crippen molar-refractivity contribution in [3.8, 4) is 0 Å². The molecule has 0 spiro atoms. The third-order valence-corrected chi connectivity index (χ3v) is 3.81. The zero-order chi connectivity index (χ0) is 15.5. The van der Waals surface area contributed by atoms with Crippen LogP contribution < -0.4 is 10.6 Å². The minimum atomic E-state index is -0.461. The van der Waals surface area contributed by atoms with Gasteiger partial charge in [0.15, 0.2) is 0 Å². The molecule has 1 saturated carbocycles. The van der Waals surface area contributed by atoms with E-state index in [9.17, 15) is 14.9 Å². The second kappa shape index (κ2) is 6.11. The molecule has 1 aliphatic carbocycles. The van der Waals surface area contributed by atoms with Gasteiger partial charge in [-0.25, -0.2) is 0 Å². The number of para-hydroxylation sites is 1. The monoisotopic (exact) mass is 291 g/mol. The Morgan fingerprint density at radius 2 is 2.14 bits per heavy atom. The average Bonchev–Trinajstić information content (AvgIpc) is 3.20. The lowest BCUT2D eigenvalue weighted by Gasteiger charge is -2.14. The van der Waals surface area contributed by atoms with Gasteiger partial charge in [0, 0.05) is 19.2 Å². The summed E-state index contributed by atoms with van der Waals surface area (Å²) in [6.07, 6.45) is 3.05. The Morgan fingerprint density at radius 3 is 2.71 bits per heavy atom. The molecule has 1 aromatic carbocycles. The number of nitrogens with one attached hydrogen (secondary N) is 2. The number of hydrogen-bond acceptors (Lipinski definition) is 4.